The maximum absolute atomic E-state index is 13.4. The van der Waals surface area contributed by atoms with Crippen molar-refractivity contribution in [3.05, 3.63) is 102 Å². The summed E-state index contributed by atoms with van der Waals surface area (Å²) in [6.45, 7) is 0.126. The standard InChI is InChI=1S/C31H30N4O4/c36-18-27(30(37)35-16-8-15-28(35)29-32-17-26(33-29)20-9-2-1-3-10-20)34-31(38)39-19-25-23-13-6-4-11-21(23)22-12-5-7-14-24(22)25/h1-7,9-14,17,25,27-28,36H,8,15-16,18-19H2,(H,32,33)(H,34,38)/t27-,28-/m0/s1. The van der Waals surface area contributed by atoms with Gasteiger partial charge in [-0.3, -0.25) is 4.79 Å². The number of nitrogens with zero attached hydrogens (tertiary/aromatic N) is 2. The van der Waals surface area contributed by atoms with E-state index in [0.29, 0.717) is 12.4 Å². The van der Waals surface area contributed by atoms with Crippen molar-refractivity contribution in [3.63, 3.8) is 0 Å². The Morgan fingerprint density at radius 3 is 2.36 bits per heavy atom. The van der Waals surface area contributed by atoms with Crippen molar-refractivity contribution in [2.24, 2.45) is 0 Å². The van der Waals surface area contributed by atoms with Gasteiger partial charge in [-0.05, 0) is 40.7 Å². The van der Waals surface area contributed by atoms with Gasteiger partial charge in [0.2, 0.25) is 5.91 Å². The second kappa shape index (κ2) is 10.7. The fraction of sp³-hybridized carbons (Fsp3) is 0.258. The second-order valence-corrected chi connectivity index (χ2v) is 9.94. The molecule has 1 saturated heterocycles. The monoisotopic (exact) mass is 522 g/mol. The molecular weight excluding hydrogens is 492 g/mol. The Labute approximate surface area is 226 Å². The van der Waals surface area contributed by atoms with Crippen LogP contribution in [0.3, 0.4) is 0 Å². The van der Waals surface area contributed by atoms with Gasteiger partial charge in [-0.1, -0.05) is 78.9 Å². The lowest BCUT2D eigenvalue weighted by Crippen LogP contribution is -2.50. The number of imidazole rings is 1. The molecule has 0 bridgehead atoms. The third-order valence-corrected chi connectivity index (χ3v) is 7.65. The Bertz CT molecular complexity index is 1440. The average molecular weight is 523 g/mol. The van der Waals surface area contributed by atoms with Gasteiger partial charge in [-0.25, -0.2) is 9.78 Å². The number of amides is 2. The van der Waals surface area contributed by atoms with Crippen molar-refractivity contribution < 1.29 is 19.4 Å². The minimum Gasteiger partial charge on any atom is -0.449 e. The first-order valence-corrected chi connectivity index (χ1v) is 13.3. The lowest BCUT2D eigenvalue weighted by atomic mass is 9.98. The van der Waals surface area contributed by atoms with E-state index in [-0.39, 0.29) is 24.5 Å². The molecule has 1 aliphatic carbocycles. The first-order valence-electron chi connectivity index (χ1n) is 13.3. The van der Waals surface area contributed by atoms with Crippen LogP contribution in [0, 0.1) is 0 Å². The van der Waals surface area contributed by atoms with Gasteiger partial charge in [0.05, 0.1) is 24.5 Å². The highest BCUT2D eigenvalue weighted by Gasteiger charge is 2.36. The number of H-pyrrole nitrogens is 1. The molecule has 4 aromatic rings. The summed E-state index contributed by atoms with van der Waals surface area (Å²) in [4.78, 5) is 35.8. The fourth-order valence-corrected chi connectivity index (χ4v) is 5.75. The molecule has 2 heterocycles. The van der Waals surface area contributed by atoms with Gasteiger partial charge in [0.25, 0.3) is 0 Å². The molecule has 2 amide bonds. The molecule has 3 N–H and O–H groups in total. The van der Waals surface area contributed by atoms with E-state index in [4.69, 9.17) is 4.74 Å². The zero-order valence-corrected chi connectivity index (χ0v) is 21.4. The molecule has 39 heavy (non-hydrogen) atoms. The lowest BCUT2D eigenvalue weighted by molar-refractivity contribution is -0.135. The fourth-order valence-electron chi connectivity index (χ4n) is 5.75. The first-order chi connectivity index (χ1) is 19.1. The Hall–Kier alpha value is -4.43. The number of ether oxygens (including phenoxy) is 1. The van der Waals surface area contributed by atoms with Crippen molar-refractivity contribution >= 4 is 12.0 Å². The number of aliphatic hydroxyl groups excluding tert-OH is 1. The van der Waals surface area contributed by atoms with Crippen LogP contribution in [-0.2, 0) is 9.53 Å². The minimum absolute atomic E-state index is 0.0906. The van der Waals surface area contributed by atoms with E-state index >= 15 is 0 Å². The number of hydrogen-bond donors (Lipinski definition) is 3. The molecule has 2 aliphatic rings. The molecule has 1 aromatic heterocycles. The SMILES string of the molecule is O=C(N[C@@H](CO)C(=O)N1CCC[C@H]1c1ncc(-c2ccccc2)[nH]1)OCC1c2ccccc2-c2ccccc21. The van der Waals surface area contributed by atoms with Gasteiger partial charge >= 0.3 is 6.09 Å². The summed E-state index contributed by atoms with van der Waals surface area (Å²) in [7, 11) is 0. The van der Waals surface area contributed by atoms with Crippen molar-refractivity contribution in [1.82, 2.24) is 20.2 Å². The number of aromatic amines is 1. The van der Waals surface area contributed by atoms with Crippen molar-refractivity contribution in [1.29, 1.82) is 0 Å². The summed E-state index contributed by atoms with van der Waals surface area (Å²) in [5, 5.41) is 12.6. The minimum atomic E-state index is -1.11. The van der Waals surface area contributed by atoms with Crippen LogP contribution in [0.15, 0.2) is 85.1 Å². The number of nitrogens with one attached hydrogen (secondary N) is 2. The molecule has 0 spiro atoms. The molecule has 8 nitrogen and oxygen atoms in total. The van der Waals surface area contributed by atoms with Gasteiger partial charge < -0.3 is 25.0 Å². The molecule has 0 saturated carbocycles. The molecule has 0 unspecified atom stereocenters. The number of rotatable bonds is 7. The Morgan fingerprint density at radius 2 is 1.67 bits per heavy atom. The number of likely N-dealkylation sites (tertiary alicyclic amines) is 1. The van der Waals surface area contributed by atoms with Gasteiger partial charge in [-0.15, -0.1) is 0 Å². The highest BCUT2D eigenvalue weighted by Crippen LogP contribution is 2.44. The third-order valence-electron chi connectivity index (χ3n) is 7.65. The van der Waals surface area contributed by atoms with Crippen molar-refractivity contribution in [3.8, 4) is 22.4 Å². The van der Waals surface area contributed by atoms with Gasteiger partial charge in [-0.2, -0.15) is 0 Å². The van der Waals surface area contributed by atoms with E-state index in [0.717, 1.165) is 46.4 Å². The van der Waals surface area contributed by atoms with Gasteiger partial charge in [0, 0.05) is 12.5 Å². The molecule has 3 aromatic carbocycles. The van der Waals surface area contributed by atoms with Gasteiger partial charge in [0.1, 0.15) is 18.5 Å². The molecule has 8 heteroatoms. The number of hydrogen-bond acceptors (Lipinski definition) is 5. The molecule has 1 aliphatic heterocycles. The predicted octanol–water partition coefficient (Wildman–Crippen LogP) is 4.64. The summed E-state index contributed by atoms with van der Waals surface area (Å²) < 4.78 is 5.60. The van der Waals surface area contributed by atoms with Gasteiger partial charge in [0.15, 0.2) is 0 Å². The van der Waals surface area contributed by atoms with Crippen LogP contribution in [0.25, 0.3) is 22.4 Å². The van der Waals surface area contributed by atoms with Crippen LogP contribution in [0.5, 0.6) is 0 Å². The Kier molecular flexibility index (Phi) is 6.85. The number of carbonyl (C=O) groups excluding carboxylic acids is 2. The highest BCUT2D eigenvalue weighted by molar-refractivity contribution is 5.86. The summed E-state index contributed by atoms with van der Waals surface area (Å²) in [5.41, 5.74) is 6.37. The number of alkyl carbamates (subject to hydrolysis) is 1. The normalized spacial score (nSPS) is 16.9. The van der Waals surface area contributed by atoms with Crippen LogP contribution in [0.2, 0.25) is 0 Å². The maximum Gasteiger partial charge on any atom is 0.407 e. The van der Waals surface area contributed by atoms with Crippen molar-refractivity contribution in [2.45, 2.75) is 30.8 Å². The van der Waals surface area contributed by atoms with E-state index in [2.05, 4.69) is 27.4 Å². The zero-order chi connectivity index (χ0) is 26.8. The number of fused-ring (bicyclic) bond motifs is 3. The second-order valence-electron chi connectivity index (χ2n) is 9.94. The largest absolute Gasteiger partial charge is 0.449 e. The molecule has 198 valence electrons. The summed E-state index contributed by atoms with van der Waals surface area (Å²) in [6, 6.07) is 24.7. The average Bonchev–Trinajstić information content (AvgIpc) is 3.73. The van der Waals surface area contributed by atoms with Crippen LogP contribution < -0.4 is 5.32 Å². The topological polar surface area (TPSA) is 108 Å². The first kappa shape index (κ1) is 24.9. The van der Waals surface area contributed by atoms with Crippen LogP contribution in [-0.4, -0.2) is 57.8 Å². The van der Waals surface area contributed by atoms with E-state index in [1.165, 1.54) is 0 Å². The van der Waals surface area contributed by atoms with Crippen LogP contribution in [0.1, 0.15) is 41.8 Å². The molecule has 2 atom stereocenters. The molecule has 0 radical (unpaired) electrons. The van der Waals surface area contributed by atoms with Crippen molar-refractivity contribution in [2.75, 3.05) is 19.8 Å². The maximum atomic E-state index is 13.4. The summed E-state index contributed by atoms with van der Waals surface area (Å²) in [5.74, 6) is 0.246. The highest BCUT2D eigenvalue weighted by atomic mass is 16.5. The number of aromatic nitrogens is 2. The van der Waals surface area contributed by atoms with E-state index in [1.54, 1.807) is 11.1 Å². The smallest absolute Gasteiger partial charge is 0.407 e. The number of aliphatic hydroxyl groups is 1. The molecular formula is C31H30N4O4. The molecule has 1 fully saturated rings. The zero-order valence-electron chi connectivity index (χ0n) is 21.4. The summed E-state index contributed by atoms with van der Waals surface area (Å²) in [6.07, 6.45) is 2.59. The predicted molar refractivity (Wildman–Crippen MR) is 147 cm³/mol. The number of carbonyl (C=O) groups is 2. The molecule has 6 rings (SSSR count). The number of benzene rings is 3. The lowest BCUT2D eigenvalue weighted by Gasteiger charge is -2.27. The Balaban J connectivity index is 1.11. The van der Waals surface area contributed by atoms with E-state index in [1.807, 2.05) is 66.7 Å². The Morgan fingerprint density at radius 1 is 1.00 bits per heavy atom. The van der Waals surface area contributed by atoms with Crippen LogP contribution >= 0.6 is 0 Å². The van der Waals surface area contributed by atoms with Crippen LogP contribution in [0.4, 0.5) is 4.79 Å². The van der Waals surface area contributed by atoms with E-state index in [9.17, 15) is 14.7 Å². The third kappa shape index (κ3) is 4.79. The summed E-state index contributed by atoms with van der Waals surface area (Å²) >= 11 is 0. The quantitative estimate of drug-likeness (QED) is 0.328. The van der Waals surface area contributed by atoms with E-state index < -0.39 is 18.7 Å².